The van der Waals surface area contributed by atoms with Crippen LogP contribution in [0.25, 0.3) is 0 Å². The highest BCUT2D eigenvalue weighted by Gasteiger charge is 2.05. The maximum atomic E-state index is 11.5. The Kier molecular flexibility index (Phi) is 4.54. The number of amides is 1. The summed E-state index contributed by atoms with van der Waals surface area (Å²) in [5, 5.41) is 9.77. The van der Waals surface area contributed by atoms with Gasteiger partial charge in [0.15, 0.2) is 5.90 Å². The van der Waals surface area contributed by atoms with E-state index < -0.39 is 0 Å². The van der Waals surface area contributed by atoms with E-state index in [0.29, 0.717) is 5.56 Å². The molecule has 0 heterocycles. The Morgan fingerprint density at radius 1 is 1.47 bits per heavy atom. The zero-order valence-corrected chi connectivity index (χ0v) is 10.4. The minimum absolute atomic E-state index is 0.0360. The summed E-state index contributed by atoms with van der Waals surface area (Å²) in [4.78, 5) is 11.5. The van der Waals surface area contributed by atoms with Gasteiger partial charge in [0.1, 0.15) is 0 Å². The number of hydrogen-bond acceptors (Lipinski definition) is 3. The highest BCUT2D eigenvalue weighted by molar-refractivity contribution is 14.1. The van der Waals surface area contributed by atoms with Crippen molar-refractivity contribution in [2.75, 3.05) is 13.7 Å². The topological polar surface area (TPSA) is 62.2 Å². The summed E-state index contributed by atoms with van der Waals surface area (Å²) in [6, 6.07) is 7.20. The second kappa shape index (κ2) is 5.69. The fraction of sp³-hybridized carbons (Fsp3) is 0.200. The molecule has 1 rings (SSSR count). The molecule has 0 bridgehead atoms. The van der Waals surface area contributed by atoms with Gasteiger partial charge in [-0.25, -0.2) is 0 Å². The zero-order chi connectivity index (χ0) is 11.3. The van der Waals surface area contributed by atoms with E-state index >= 15 is 0 Å². The molecule has 0 radical (unpaired) electrons. The van der Waals surface area contributed by atoms with Crippen LogP contribution in [0.1, 0.15) is 10.4 Å². The van der Waals surface area contributed by atoms with Gasteiger partial charge in [0.2, 0.25) is 0 Å². The molecule has 2 N–H and O–H groups in total. The Labute approximate surface area is 102 Å². The second-order valence-electron chi connectivity index (χ2n) is 2.82. The molecule has 1 aromatic carbocycles. The lowest BCUT2D eigenvalue weighted by Gasteiger charge is -2.05. The predicted molar refractivity (Wildman–Crippen MR) is 66.2 cm³/mol. The maximum Gasteiger partial charge on any atom is 0.251 e. The molecular formula is C10H11IN2O2. The molecular weight excluding hydrogens is 311 g/mol. The van der Waals surface area contributed by atoms with E-state index in [-0.39, 0.29) is 18.3 Å². The normalized spacial score (nSPS) is 9.47. The summed E-state index contributed by atoms with van der Waals surface area (Å²) in [5.74, 6) is -0.165. The lowest BCUT2D eigenvalue weighted by Crippen LogP contribution is -2.29. The summed E-state index contributed by atoms with van der Waals surface area (Å²) in [6.07, 6.45) is 0. The van der Waals surface area contributed by atoms with Crippen molar-refractivity contribution in [3.63, 3.8) is 0 Å². The predicted octanol–water partition coefficient (Wildman–Crippen LogP) is 1.64. The summed E-state index contributed by atoms with van der Waals surface area (Å²) in [6.45, 7) is 0.112. The number of ether oxygens (including phenoxy) is 1. The molecule has 80 valence electrons. The van der Waals surface area contributed by atoms with Gasteiger partial charge in [-0.15, -0.1) is 0 Å². The van der Waals surface area contributed by atoms with Crippen LogP contribution in [0.3, 0.4) is 0 Å². The number of hydrogen-bond donors (Lipinski definition) is 2. The van der Waals surface area contributed by atoms with Crippen LogP contribution < -0.4 is 5.32 Å². The molecule has 5 heteroatoms. The second-order valence-corrected chi connectivity index (χ2v) is 4.06. The van der Waals surface area contributed by atoms with Crippen molar-refractivity contribution in [2.45, 2.75) is 0 Å². The van der Waals surface area contributed by atoms with Crippen LogP contribution in [0, 0.1) is 8.98 Å². The fourth-order valence-electron chi connectivity index (χ4n) is 0.936. The first-order valence-corrected chi connectivity index (χ1v) is 5.36. The van der Waals surface area contributed by atoms with E-state index in [1.165, 1.54) is 7.11 Å². The Morgan fingerprint density at radius 2 is 2.07 bits per heavy atom. The monoisotopic (exact) mass is 322 g/mol. The van der Waals surface area contributed by atoms with Crippen molar-refractivity contribution >= 4 is 34.4 Å². The average molecular weight is 322 g/mol. The molecule has 0 saturated carbocycles. The Balaban J connectivity index is 2.54. The number of nitrogens with one attached hydrogen (secondary N) is 2. The van der Waals surface area contributed by atoms with Crippen molar-refractivity contribution in [1.82, 2.24) is 5.32 Å². The molecule has 0 aliphatic carbocycles. The van der Waals surface area contributed by atoms with Crippen LogP contribution >= 0.6 is 22.6 Å². The summed E-state index contributed by atoms with van der Waals surface area (Å²) < 4.78 is 5.70. The smallest absolute Gasteiger partial charge is 0.251 e. The Morgan fingerprint density at radius 3 is 2.60 bits per heavy atom. The number of carbonyl (C=O) groups excluding carboxylic acids is 1. The molecule has 4 nitrogen and oxygen atoms in total. The zero-order valence-electron chi connectivity index (χ0n) is 8.21. The van der Waals surface area contributed by atoms with Gasteiger partial charge in [-0.1, -0.05) is 0 Å². The van der Waals surface area contributed by atoms with Crippen LogP contribution in [0.4, 0.5) is 0 Å². The van der Waals surface area contributed by atoms with Crippen molar-refractivity contribution in [2.24, 2.45) is 0 Å². The molecule has 0 atom stereocenters. The minimum atomic E-state index is -0.201. The van der Waals surface area contributed by atoms with E-state index in [2.05, 4.69) is 32.6 Å². The number of rotatable bonds is 3. The van der Waals surface area contributed by atoms with Gasteiger partial charge < -0.3 is 10.1 Å². The van der Waals surface area contributed by atoms with Crippen LogP contribution in [-0.2, 0) is 4.74 Å². The molecule has 15 heavy (non-hydrogen) atoms. The first-order chi connectivity index (χ1) is 7.13. The largest absolute Gasteiger partial charge is 0.483 e. The molecule has 0 saturated heterocycles. The van der Waals surface area contributed by atoms with E-state index in [1.54, 1.807) is 12.1 Å². The molecule has 0 aliphatic heterocycles. The van der Waals surface area contributed by atoms with Gasteiger partial charge in [-0.2, -0.15) is 0 Å². The van der Waals surface area contributed by atoms with E-state index in [1.807, 2.05) is 12.1 Å². The number of carbonyl (C=O) groups is 1. The lowest BCUT2D eigenvalue weighted by atomic mass is 10.2. The molecule has 0 fully saturated rings. The third kappa shape index (κ3) is 3.86. The first-order valence-electron chi connectivity index (χ1n) is 4.28. The first kappa shape index (κ1) is 12.0. The molecule has 0 aliphatic rings. The molecule has 1 aromatic rings. The highest BCUT2D eigenvalue weighted by Crippen LogP contribution is 2.06. The third-order valence-electron chi connectivity index (χ3n) is 1.76. The number of halogens is 1. The van der Waals surface area contributed by atoms with Crippen LogP contribution in [0.5, 0.6) is 0 Å². The fourth-order valence-corrected chi connectivity index (χ4v) is 1.30. The van der Waals surface area contributed by atoms with E-state index in [0.717, 1.165) is 3.57 Å². The van der Waals surface area contributed by atoms with Gasteiger partial charge in [-0.3, -0.25) is 10.2 Å². The Bertz CT molecular complexity index is 362. The van der Waals surface area contributed by atoms with Gasteiger partial charge in [0, 0.05) is 9.13 Å². The van der Waals surface area contributed by atoms with Crippen LogP contribution in [0.2, 0.25) is 0 Å². The number of benzene rings is 1. The summed E-state index contributed by atoms with van der Waals surface area (Å²) in [5.41, 5.74) is 0.583. The SMILES string of the molecule is COC(=N)CNC(=O)c1ccc([131I])cc1. The van der Waals surface area contributed by atoms with Crippen molar-refractivity contribution in [3.05, 3.63) is 33.4 Å². The molecule has 1 amide bonds. The lowest BCUT2D eigenvalue weighted by molar-refractivity contribution is 0.0957. The molecule has 0 spiro atoms. The van der Waals surface area contributed by atoms with E-state index in [4.69, 9.17) is 5.41 Å². The van der Waals surface area contributed by atoms with Gasteiger partial charge >= 0.3 is 0 Å². The van der Waals surface area contributed by atoms with E-state index in [9.17, 15) is 4.79 Å². The van der Waals surface area contributed by atoms with Gasteiger partial charge in [0.25, 0.3) is 5.91 Å². The highest BCUT2D eigenvalue weighted by atomic mass is 131. The standard InChI is InChI=1S/C10H11IN2O2/c1-15-9(12)6-13-10(14)7-2-4-8(11)5-3-7/h2-5,12H,6H2,1H3,(H,13,14)/i11+4. The van der Waals surface area contributed by atoms with Crippen molar-refractivity contribution in [3.8, 4) is 0 Å². The quantitative estimate of drug-likeness (QED) is 0.505. The molecule has 0 unspecified atom stereocenters. The van der Waals surface area contributed by atoms with Crippen molar-refractivity contribution in [1.29, 1.82) is 5.41 Å². The van der Waals surface area contributed by atoms with Crippen LogP contribution in [0.15, 0.2) is 24.3 Å². The van der Waals surface area contributed by atoms with Gasteiger partial charge in [-0.05, 0) is 46.9 Å². The molecule has 0 aromatic heterocycles. The number of methoxy groups -OCH3 is 1. The minimum Gasteiger partial charge on any atom is -0.483 e. The third-order valence-corrected chi connectivity index (χ3v) is 2.48. The van der Waals surface area contributed by atoms with Crippen molar-refractivity contribution < 1.29 is 9.53 Å². The Hall–Kier alpha value is -1.11. The average Bonchev–Trinajstić information content (AvgIpc) is 2.26. The van der Waals surface area contributed by atoms with Gasteiger partial charge in [0.05, 0.1) is 13.7 Å². The summed E-state index contributed by atoms with van der Waals surface area (Å²) in [7, 11) is 1.40. The maximum absolute atomic E-state index is 11.5. The summed E-state index contributed by atoms with van der Waals surface area (Å²) >= 11 is 2.17. The van der Waals surface area contributed by atoms with Crippen LogP contribution in [-0.4, -0.2) is 25.5 Å².